The number of aliphatic carboxylic acids is 1. The standard InChI is InChI=1S/C48H69N5O6/c1-11-33(59-37(55)27-44(5,6)43(57)58)19-20-45(7)30(4)18-21-47(9)36(45)17-16-34-39-38(29(2)3)35(54)26-48(39,23-22-46(34,47)8)40(56)42-52-51-41(53(42)25-24-50-10)32-14-12-31(28-49)13-15-32/h12-15,29-30,33-34,36,40,50,56H,11,16-27H2,1-10H3,(H,57,58)/t30-,33-,34-,36-,40+,45+,46-,47-,48-/m1/s1. The van der Waals surface area contributed by atoms with E-state index in [1.807, 2.05) is 30.7 Å². The van der Waals surface area contributed by atoms with Gasteiger partial charge in [-0.1, -0.05) is 48.5 Å². The highest BCUT2D eigenvalue weighted by molar-refractivity contribution is 6.00. The van der Waals surface area contributed by atoms with Crippen molar-refractivity contribution in [1.29, 1.82) is 5.26 Å². The molecule has 1 aromatic heterocycles. The number of carbonyl (C=O) groups excluding carboxylic acids is 2. The summed E-state index contributed by atoms with van der Waals surface area (Å²) in [7, 11) is 1.89. The van der Waals surface area contributed by atoms with Crippen LogP contribution in [-0.2, 0) is 25.7 Å². The van der Waals surface area contributed by atoms with Gasteiger partial charge in [0.2, 0.25) is 0 Å². The molecule has 322 valence electrons. The first-order valence-corrected chi connectivity index (χ1v) is 22.2. The lowest BCUT2D eigenvalue weighted by molar-refractivity contribution is -0.192. The maximum absolute atomic E-state index is 14.4. The number of nitrogens with zero attached hydrogens (tertiary/aromatic N) is 4. The molecule has 0 saturated heterocycles. The van der Waals surface area contributed by atoms with Crippen molar-refractivity contribution < 1.29 is 29.3 Å². The Kier molecular flexibility index (Phi) is 12.5. The van der Waals surface area contributed by atoms with Gasteiger partial charge in [-0.15, -0.1) is 10.2 Å². The van der Waals surface area contributed by atoms with E-state index < -0.39 is 28.9 Å². The Labute approximate surface area is 351 Å². The zero-order chi connectivity index (χ0) is 43.3. The molecular weight excluding hydrogens is 743 g/mol. The number of aliphatic hydroxyl groups excluding tert-OH is 1. The summed E-state index contributed by atoms with van der Waals surface area (Å²) in [5, 5.41) is 44.5. The molecule has 59 heavy (non-hydrogen) atoms. The summed E-state index contributed by atoms with van der Waals surface area (Å²) in [6.07, 6.45) is 6.81. The molecule has 11 nitrogen and oxygen atoms in total. The Bertz CT molecular complexity index is 2000. The van der Waals surface area contributed by atoms with Gasteiger partial charge in [0.1, 0.15) is 12.2 Å². The monoisotopic (exact) mass is 812 g/mol. The third kappa shape index (κ3) is 7.49. The number of ketones is 1. The lowest BCUT2D eigenvalue weighted by atomic mass is 9.35. The summed E-state index contributed by atoms with van der Waals surface area (Å²) >= 11 is 0. The second-order valence-corrected chi connectivity index (χ2v) is 20.4. The van der Waals surface area contributed by atoms with Crippen LogP contribution in [0.25, 0.3) is 11.4 Å². The van der Waals surface area contributed by atoms with E-state index >= 15 is 0 Å². The number of fused-ring (bicyclic) bond motifs is 5. The van der Waals surface area contributed by atoms with Crippen LogP contribution >= 0.6 is 0 Å². The van der Waals surface area contributed by atoms with Crippen LogP contribution in [0, 0.1) is 62.1 Å². The van der Waals surface area contributed by atoms with Crippen LogP contribution < -0.4 is 5.32 Å². The van der Waals surface area contributed by atoms with Crippen LogP contribution in [0.5, 0.6) is 0 Å². The number of carboxylic acids is 1. The SMILES string of the molecule is CC[C@H](CC[C@@]1(C)[C@H](C)CC[C@]2(C)[C@@H]1CC[C@@H]1C3=C(C(C)C)C(=O)C[C@]3([C@@H](O)c3nnc(-c4ccc(C#N)cc4)n3CCNC)CC[C@]12C)OC(=O)CC(C)(C)C(=O)O. The maximum atomic E-state index is 14.4. The number of Topliss-reactive ketones (excluding diaryl/α,β-unsaturated/α-hetero) is 1. The molecule has 4 aliphatic rings. The highest BCUT2D eigenvalue weighted by Gasteiger charge is 2.69. The zero-order valence-corrected chi connectivity index (χ0v) is 37.3. The van der Waals surface area contributed by atoms with Crippen molar-refractivity contribution in [2.75, 3.05) is 13.6 Å². The van der Waals surface area contributed by atoms with Crippen molar-refractivity contribution in [3.63, 3.8) is 0 Å². The summed E-state index contributed by atoms with van der Waals surface area (Å²) in [4.78, 5) is 39.1. The Morgan fingerprint density at radius 3 is 2.37 bits per heavy atom. The van der Waals surface area contributed by atoms with Crippen LogP contribution in [0.15, 0.2) is 35.4 Å². The Balaban J connectivity index is 1.33. The van der Waals surface area contributed by atoms with Gasteiger partial charge >= 0.3 is 11.9 Å². The predicted molar refractivity (Wildman–Crippen MR) is 227 cm³/mol. The molecular formula is C48H69N5O6. The molecule has 1 heterocycles. The minimum Gasteiger partial charge on any atom is -0.481 e. The van der Waals surface area contributed by atoms with Crippen molar-refractivity contribution in [3.05, 3.63) is 46.8 Å². The number of nitrogens with one attached hydrogen (secondary N) is 1. The molecule has 1 aromatic carbocycles. The molecule has 11 heteroatoms. The highest BCUT2D eigenvalue weighted by Crippen LogP contribution is 2.76. The number of nitriles is 1. The van der Waals surface area contributed by atoms with Crippen molar-refractivity contribution in [2.24, 2.45) is 50.7 Å². The second kappa shape index (κ2) is 16.5. The summed E-state index contributed by atoms with van der Waals surface area (Å²) in [6.45, 7) is 20.4. The van der Waals surface area contributed by atoms with E-state index in [2.05, 4.69) is 58.0 Å². The van der Waals surface area contributed by atoms with Crippen molar-refractivity contribution in [3.8, 4) is 17.5 Å². The Morgan fingerprint density at radius 2 is 1.76 bits per heavy atom. The first-order valence-electron chi connectivity index (χ1n) is 22.2. The molecule has 0 bridgehead atoms. The van der Waals surface area contributed by atoms with Crippen molar-refractivity contribution in [2.45, 2.75) is 152 Å². The van der Waals surface area contributed by atoms with Gasteiger partial charge in [-0.3, -0.25) is 14.4 Å². The van der Waals surface area contributed by atoms with Gasteiger partial charge in [0.05, 0.1) is 23.5 Å². The number of benzene rings is 1. The lowest BCUT2D eigenvalue weighted by Gasteiger charge is -2.69. The number of aromatic nitrogens is 3. The van der Waals surface area contributed by atoms with Crippen molar-refractivity contribution >= 4 is 17.7 Å². The van der Waals surface area contributed by atoms with Crippen LogP contribution in [0.2, 0.25) is 0 Å². The number of hydrogen-bond acceptors (Lipinski definition) is 9. The van der Waals surface area contributed by atoms with Gasteiger partial charge in [0.15, 0.2) is 17.4 Å². The highest BCUT2D eigenvalue weighted by atomic mass is 16.5. The van der Waals surface area contributed by atoms with Crippen LogP contribution in [0.4, 0.5) is 0 Å². The Morgan fingerprint density at radius 1 is 1.07 bits per heavy atom. The van der Waals surface area contributed by atoms with Gasteiger partial charge in [-0.25, -0.2) is 0 Å². The number of likely N-dealkylation sites (N-methyl/N-ethyl adjacent to an activating group) is 1. The summed E-state index contributed by atoms with van der Waals surface area (Å²) in [6, 6.07) is 9.46. The van der Waals surface area contributed by atoms with Crippen molar-refractivity contribution in [1.82, 2.24) is 20.1 Å². The van der Waals surface area contributed by atoms with Crippen LogP contribution in [-0.4, -0.2) is 62.4 Å². The fourth-order valence-electron chi connectivity index (χ4n) is 12.6. The summed E-state index contributed by atoms with van der Waals surface area (Å²) in [5.74, 6) is 0.815. The van der Waals surface area contributed by atoms with E-state index in [1.165, 1.54) is 5.57 Å². The minimum atomic E-state index is -1.18. The first-order chi connectivity index (χ1) is 27.7. The van der Waals surface area contributed by atoms with Gasteiger partial charge in [0, 0.05) is 30.5 Å². The zero-order valence-electron chi connectivity index (χ0n) is 37.3. The molecule has 0 spiro atoms. The molecule has 0 amide bonds. The average molecular weight is 812 g/mol. The van der Waals surface area contributed by atoms with E-state index in [0.717, 1.165) is 56.1 Å². The molecule has 3 saturated carbocycles. The van der Waals surface area contributed by atoms with E-state index in [4.69, 9.17) is 9.84 Å². The smallest absolute Gasteiger partial charge is 0.309 e. The molecule has 0 aliphatic heterocycles. The number of esters is 1. The van der Waals surface area contributed by atoms with E-state index in [-0.39, 0.29) is 52.8 Å². The van der Waals surface area contributed by atoms with Gasteiger partial charge in [-0.05, 0) is 154 Å². The Hall–Kier alpha value is -3.88. The molecule has 0 unspecified atom stereocenters. The third-order valence-electron chi connectivity index (χ3n) is 16.6. The quantitative estimate of drug-likeness (QED) is 0.148. The number of carboxylic acid groups (broad SMARTS) is 1. The third-order valence-corrected chi connectivity index (χ3v) is 16.6. The van der Waals surface area contributed by atoms with Gasteiger partial charge in [-0.2, -0.15) is 5.26 Å². The predicted octanol–water partition coefficient (Wildman–Crippen LogP) is 8.85. The average Bonchev–Trinajstić information content (AvgIpc) is 3.75. The number of allylic oxidation sites excluding steroid dienone is 1. The lowest BCUT2D eigenvalue weighted by Crippen LogP contribution is -2.62. The van der Waals surface area contributed by atoms with Crippen LogP contribution in [0.1, 0.15) is 150 Å². The fraction of sp³-hybridized carbons (Fsp3) is 0.708. The minimum absolute atomic E-state index is 0.0124. The van der Waals surface area contributed by atoms with Gasteiger partial charge < -0.3 is 24.8 Å². The molecule has 6 rings (SSSR count). The summed E-state index contributed by atoms with van der Waals surface area (Å²) in [5.41, 5.74) is 1.31. The van der Waals surface area contributed by atoms with Crippen LogP contribution in [0.3, 0.4) is 0 Å². The normalized spacial score (nSPS) is 31.6. The summed E-state index contributed by atoms with van der Waals surface area (Å²) < 4.78 is 7.96. The molecule has 3 N–H and O–H groups in total. The molecule has 9 atom stereocenters. The number of hydrogen-bond donors (Lipinski definition) is 3. The van der Waals surface area contributed by atoms with E-state index in [0.29, 0.717) is 55.0 Å². The van der Waals surface area contributed by atoms with E-state index in [1.54, 1.807) is 26.0 Å². The number of ether oxygens (including phenoxy) is 1. The molecule has 2 aromatic rings. The largest absolute Gasteiger partial charge is 0.481 e. The van der Waals surface area contributed by atoms with Gasteiger partial charge in [0.25, 0.3) is 0 Å². The molecule has 4 aliphatic carbocycles. The fourth-order valence-corrected chi connectivity index (χ4v) is 12.6. The second-order valence-electron chi connectivity index (χ2n) is 20.4. The van der Waals surface area contributed by atoms with E-state index in [9.17, 15) is 29.9 Å². The topological polar surface area (TPSA) is 167 Å². The molecule has 0 radical (unpaired) electrons. The first kappa shape index (κ1) is 44.7. The molecule has 3 fully saturated rings. The number of aliphatic hydroxyl groups is 1. The number of rotatable bonds is 15. The maximum Gasteiger partial charge on any atom is 0.309 e. The number of carbonyl (C=O) groups is 3.